The summed E-state index contributed by atoms with van der Waals surface area (Å²) in [6.45, 7) is 1.45. The summed E-state index contributed by atoms with van der Waals surface area (Å²) in [4.78, 5) is 5.45. The number of benzene rings is 2. The molecule has 2 nitrogen and oxygen atoms in total. The molecule has 0 atom stereocenters. The third kappa shape index (κ3) is 6.12. The molecular formula is C19H17F7N2S. The fraction of sp³-hybridized carbons (Fsp3) is 0.316. The van der Waals surface area contributed by atoms with Gasteiger partial charge in [0, 0.05) is 24.6 Å². The number of nitrogens with zero attached hydrogens (tertiary/aromatic N) is 2. The molecule has 29 heavy (non-hydrogen) atoms. The van der Waals surface area contributed by atoms with E-state index in [1.54, 1.807) is 0 Å². The number of alkyl halides is 6. The van der Waals surface area contributed by atoms with Gasteiger partial charge in [-0.05, 0) is 30.7 Å². The van der Waals surface area contributed by atoms with Crippen molar-refractivity contribution in [2.24, 2.45) is 4.99 Å². The lowest BCUT2D eigenvalue weighted by Crippen LogP contribution is -2.26. The molecule has 2 aromatic carbocycles. The van der Waals surface area contributed by atoms with E-state index in [0.29, 0.717) is 11.8 Å². The van der Waals surface area contributed by atoms with E-state index < -0.39 is 29.5 Å². The highest BCUT2D eigenvalue weighted by atomic mass is 32.2. The first kappa shape index (κ1) is 23.1. The largest absolute Gasteiger partial charge is 0.417 e. The van der Waals surface area contributed by atoms with E-state index in [2.05, 4.69) is 4.99 Å². The van der Waals surface area contributed by atoms with Crippen LogP contribution in [0.15, 0.2) is 46.3 Å². The summed E-state index contributed by atoms with van der Waals surface area (Å²) in [6.07, 6.45) is -9.08. The molecule has 0 N–H and O–H groups in total. The minimum Gasteiger partial charge on any atom is -0.362 e. The Hall–Kier alpha value is -2.23. The van der Waals surface area contributed by atoms with Gasteiger partial charge in [0.25, 0.3) is 0 Å². The van der Waals surface area contributed by atoms with Crippen molar-refractivity contribution in [2.75, 3.05) is 19.8 Å². The normalized spacial score (nSPS) is 13.0. The number of halogens is 7. The van der Waals surface area contributed by atoms with E-state index in [1.165, 1.54) is 44.1 Å². The molecule has 0 unspecified atom stereocenters. The minimum atomic E-state index is -4.66. The molecule has 10 heteroatoms. The summed E-state index contributed by atoms with van der Waals surface area (Å²) < 4.78 is 92.0. The van der Waals surface area contributed by atoms with Gasteiger partial charge in [0.05, 0.1) is 11.3 Å². The number of thioether (sulfide) groups is 1. The zero-order chi connectivity index (χ0) is 22.0. The van der Waals surface area contributed by atoms with Gasteiger partial charge in [0.15, 0.2) is 0 Å². The number of rotatable bonds is 4. The van der Waals surface area contributed by atoms with Crippen LogP contribution in [0.4, 0.5) is 36.4 Å². The van der Waals surface area contributed by atoms with Crippen LogP contribution in [0.1, 0.15) is 16.7 Å². The van der Waals surface area contributed by atoms with Crippen LogP contribution in [0.3, 0.4) is 0 Å². The number of aryl methyl sites for hydroxylation is 1. The lowest BCUT2D eigenvalue weighted by atomic mass is 10.1. The fourth-order valence-corrected chi connectivity index (χ4v) is 3.28. The van der Waals surface area contributed by atoms with Crippen molar-refractivity contribution in [3.63, 3.8) is 0 Å². The van der Waals surface area contributed by atoms with Crippen LogP contribution in [-0.4, -0.2) is 36.8 Å². The Morgan fingerprint density at radius 3 is 2.21 bits per heavy atom. The maximum Gasteiger partial charge on any atom is 0.417 e. The number of hydrogen-bond donors (Lipinski definition) is 0. The van der Waals surface area contributed by atoms with Crippen molar-refractivity contribution < 1.29 is 30.7 Å². The minimum absolute atomic E-state index is 0.143. The first-order chi connectivity index (χ1) is 13.3. The molecule has 158 valence electrons. The molecule has 2 rings (SSSR count). The van der Waals surface area contributed by atoms with Crippen molar-refractivity contribution >= 4 is 23.3 Å². The summed E-state index contributed by atoms with van der Waals surface area (Å²) in [5, 5.41) is 0. The van der Waals surface area contributed by atoms with Gasteiger partial charge < -0.3 is 4.90 Å². The van der Waals surface area contributed by atoms with E-state index in [9.17, 15) is 30.7 Å². The molecule has 0 aromatic heterocycles. The quantitative estimate of drug-likeness (QED) is 0.236. The van der Waals surface area contributed by atoms with Crippen molar-refractivity contribution in [1.29, 1.82) is 0 Å². The van der Waals surface area contributed by atoms with Crippen molar-refractivity contribution in [3.05, 3.63) is 58.9 Å². The van der Waals surface area contributed by atoms with E-state index >= 15 is 0 Å². The second kappa shape index (κ2) is 8.64. The van der Waals surface area contributed by atoms with Crippen molar-refractivity contribution in [3.8, 4) is 0 Å². The van der Waals surface area contributed by atoms with Gasteiger partial charge in [0.1, 0.15) is 17.3 Å². The number of aliphatic imine (C=N–C) groups is 1. The van der Waals surface area contributed by atoms with E-state index in [0.717, 1.165) is 18.2 Å². The second-order valence-electron chi connectivity index (χ2n) is 6.35. The molecule has 0 radical (unpaired) electrons. The zero-order valence-electron chi connectivity index (χ0n) is 15.6. The molecule has 0 saturated heterocycles. The highest BCUT2D eigenvalue weighted by Gasteiger charge is 2.34. The van der Waals surface area contributed by atoms with Gasteiger partial charge in [-0.15, -0.1) is 11.8 Å². The summed E-state index contributed by atoms with van der Waals surface area (Å²) in [7, 11) is 2.88. The predicted molar refractivity (Wildman–Crippen MR) is 99.2 cm³/mol. The Kier molecular flexibility index (Phi) is 6.87. The summed E-state index contributed by atoms with van der Waals surface area (Å²) in [6, 6.07) is 6.82. The molecular weight excluding hydrogens is 421 g/mol. The highest BCUT2D eigenvalue weighted by Crippen LogP contribution is 2.35. The Morgan fingerprint density at radius 1 is 1.03 bits per heavy atom. The number of amidine groups is 1. The van der Waals surface area contributed by atoms with Crippen molar-refractivity contribution in [2.45, 2.75) is 24.2 Å². The molecule has 0 fully saturated rings. The third-order valence-corrected chi connectivity index (χ3v) is 4.98. The van der Waals surface area contributed by atoms with Crippen LogP contribution in [-0.2, 0) is 6.18 Å². The SMILES string of the molecule is Cc1cc(F)c(/N=C(\c2ccccc2C(F)(F)F)N(C)C)cc1SCC(F)(F)F. The topological polar surface area (TPSA) is 15.6 Å². The summed E-state index contributed by atoms with van der Waals surface area (Å²) in [5.41, 5.74) is -1.29. The van der Waals surface area contributed by atoms with Crippen LogP contribution in [0.2, 0.25) is 0 Å². The monoisotopic (exact) mass is 438 g/mol. The molecule has 0 heterocycles. The van der Waals surface area contributed by atoms with Gasteiger partial charge in [0.2, 0.25) is 0 Å². The molecule has 0 spiro atoms. The van der Waals surface area contributed by atoms with Gasteiger partial charge in [-0.25, -0.2) is 9.38 Å². The fourth-order valence-electron chi connectivity index (χ4n) is 2.48. The third-order valence-electron chi connectivity index (χ3n) is 3.76. The Bertz CT molecular complexity index is 902. The molecule has 0 amide bonds. The maximum absolute atomic E-state index is 14.4. The Labute approximate surface area is 167 Å². The predicted octanol–water partition coefficient (Wildman–Crippen LogP) is 6.45. The molecule has 0 saturated carbocycles. The van der Waals surface area contributed by atoms with Gasteiger partial charge >= 0.3 is 12.4 Å². The lowest BCUT2D eigenvalue weighted by Gasteiger charge is -2.20. The van der Waals surface area contributed by atoms with E-state index in [1.807, 2.05) is 0 Å². The average Bonchev–Trinajstić information content (AvgIpc) is 2.58. The average molecular weight is 438 g/mol. The summed E-state index contributed by atoms with van der Waals surface area (Å²) >= 11 is 0.461. The second-order valence-corrected chi connectivity index (χ2v) is 7.36. The van der Waals surface area contributed by atoms with Crippen molar-refractivity contribution in [1.82, 2.24) is 4.90 Å². The maximum atomic E-state index is 14.4. The molecule has 0 aliphatic carbocycles. The van der Waals surface area contributed by atoms with E-state index in [4.69, 9.17) is 0 Å². The van der Waals surface area contributed by atoms with Crippen LogP contribution in [0.25, 0.3) is 0 Å². The zero-order valence-corrected chi connectivity index (χ0v) is 16.4. The van der Waals surface area contributed by atoms with Crippen LogP contribution < -0.4 is 0 Å². The first-order valence-corrected chi connectivity index (χ1v) is 9.20. The van der Waals surface area contributed by atoms with E-state index in [-0.39, 0.29) is 27.5 Å². The Balaban J connectivity index is 2.58. The molecule has 0 aliphatic heterocycles. The summed E-state index contributed by atoms with van der Waals surface area (Å²) in [5.74, 6) is -2.20. The van der Waals surface area contributed by atoms with Gasteiger partial charge in [-0.2, -0.15) is 26.3 Å². The standard InChI is InChI=1S/C19H17F7N2S/c1-11-8-14(20)15(9-16(11)29-10-18(21,22)23)27-17(28(2)3)12-6-4-5-7-13(12)19(24,25)26/h4-9H,10H2,1-3H3/b27-17+. The van der Waals surface area contributed by atoms with Gasteiger partial charge in [-0.3, -0.25) is 0 Å². The Morgan fingerprint density at radius 2 is 1.66 bits per heavy atom. The highest BCUT2D eigenvalue weighted by molar-refractivity contribution is 7.99. The first-order valence-electron chi connectivity index (χ1n) is 8.22. The molecule has 0 aliphatic rings. The van der Waals surface area contributed by atoms with Crippen LogP contribution >= 0.6 is 11.8 Å². The van der Waals surface area contributed by atoms with Crippen LogP contribution in [0, 0.1) is 12.7 Å². The smallest absolute Gasteiger partial charge is 0.362 e. The molecule has 0 bridgehead atoms. The molecule has 2 aromatic rings. The number of hydrogen-bond acceptors (Lipinski definition) is 2. The lowest BCUT2D eigenvalue weighted by molar-refractivity contribution is -0.137. The van der Waals surface area contributed by atoms with Gasteiger partial charge in [-0.1, -0.05) is 18.2 Å². The van der Waals surface area contributed by atoms with Crippen LogP contribution in [0.5, 0.6) is 0 Å².